The van der Waals surface area contributed by atoms with Crippen LogP contribution < -0.4 is 15.2 Å². The lowest BCUT2D eigenvalue weighted by atomic mass is 9.99. The van der Waals surface area contributed by atoms with E-state index in [0.717, 1.165) is 31.7 Å². The molecule has 0 spiro atoms. The Balaban J connectivity index is 0.00000312. The van der Waals surface area contributed by atoms with E-state index in [-0.39, 0.29) is 48.2 Å². The fourth-order valence-corrected chi connectivity index (χ4v) is 4.48. The summed E-state index contributed by atoms with van der Waals surface area (Å²) in [5, 5.41) is 0. The predicted molar refractivity (Wildman–Crippen MR) is 96.1 cm³/mol. The van der Waals surface area contributed by atoms with E-state index in [0.29, 0.717) is 6.61 Å². The van der Waals surface area contributed by atoms with Crippen molar-refractivity contribution in [3.63, 3.8) is 0 Å². The summed E-state index contributed by atoms with van der Waals surface area (Å²) in [4.78, 5) is -0.213. The minimum absolute atomic E-state index is 0. The molecule has 1 aromatic rings. The van der Waals surface area contributed by atoms with Gasteiger partial charge in [-0.25, -0.2) is 17.5 Å². The maximum Gasteiger partial charge on any atom is 0.244 e. The first-order valence-electron chi connectivity index (χ1n) is 8.11. The Bertz CT molecular complexity index is 639. The summed E-state index contributed by atoms with van der Waals surface area (Å²) < 4.78 is 52.0. The Morgan fingerprint density at radius 1 is 1.32 bits per heavy atom. The first-order chi connectivity index (χ1) is 11.5. The summed E-state index contributed by atoms with van der Waals surface area (Å²) in [6, 6.07) is 3.09. The van der Waals surface area contributed by atoms with Gasteiger partial charge in [-0.15, -0.1) is 12.4 Å². The van der Waals surface area contributed by atoms with Crippen LogP contribution in [-0.4, -0.2) is 41.3 Å². The van der Waals surface area contributed by atoms with Crippen molar-refractivity contribution in [2.75, 3.05) is 26.9 Å². The van der Waals surface area contributed by atoms with Gasteiger partial charge in [-0.05, 0) is 37.0 Å². The molecule has 0 aromatic heterocycles. The molecule has 0 aliphatic heterocycles. The van der Waals surface area contributed by atoms with E-state index in [1.54, 1.807) is 0 Å². The van der Waals surface area contributed by atoms with Crippen molar-refractivity contribution in [1.29, 1.82) is 0 Å². The molecule has 0 amide bonds. The van der Waals surface area contributed by atoms with Gasteiger partial charge < -0.3 is 15.2 Å². The molecule has 144 valence electrons. The second kappa shape index (κ2) is 10.3. The standard InChI is InChI=1S/C16H25FN2O4S.ClH/c1-22-8-9-23-15-7-6-13(17)10-16(15)24(20,21)19-14(11-18)12-4-2-3-5-12;/h6-7,10,12,14,19H,2-5,8-9,11,18H2,1H3;1H. The summed E-state index contributed by atoms with van der Waals surface area (Å²) >= 11 is 0. The third kappa shape index (κ3) is 6.07. The molecule has 3 N–H and O–H groups in total. The largest absolute Gasteiger partial charge is 0.490 e. The van der Waals surface area contributed by atoms with Gasteiger partial charge in [0.05, 0.1) is 6.61 Å². The van der Waals surface area contributed by atoms with E-state index in [4.69, 9.17) is 15.2 Å². The second-order valence-corrected chi connectivity index (χ2v) is 7.62. The number of methoxy groups -OCH3 is 1. The molecule has 1 aliphatic carbocycles. The van der Waals surface area contributed by atoms with Crippen molar-refractivity contribution >= 4 is 22.4 Å². The molecular formula is C16H26ClFN2O4S. The van der Waals surface area contributed by atoms with Crippen LogP contribution in [-0.2, 0) is 14.8 Å². The minimum Gasteiger partial charge on any atom is -0.490 e. The third-order valence-electron chi connectivity index (χ3n) is 4.27. The van der Waals surface area contributed by atoms with Crippen LogP contribution in [0.1, 0.15) is 25.7 Å². The summed E-state index contributed by atoms with van der Waals surface area (Å²) in [6.07, 6.45) is 4.05. The highest BCUT2D eigenvalue weighted by molar-refractivity contribution is 7.89. The number of nitrogens with two attached hydrogens (primary N) is 1. The van der Waals surface area contributed by atoms with E-state index in [1.807, 2.05) is 0 Å². The zero-order chi connectivity index (χ0) is 17.6. The van der Waals surface area contributed by atoms with Crippen LogP contribution in [0.25, 0.3) is 0 Å². The molecule has 1 aromatic carbocycles. The van der Waals surface area contributed by atoms with Crippen LogP contribution in [0.5, 0.6) is 5.75 Å². The number of sulfonamides is 1. The molecule has 0 radical (unpaired) electrons. The van der Waals surface area contributed by atoms with Crippen molar-refractivity contribution in [2.45, 2.75) is 36.6 Å². The highest BCUT2D eigenvalue weighted by atomic mass is 35.5. The Hall–Kier alpha value is -0.930. The maximum absolute atomic E-state index is 13.6. The Kier molecular flexibility index (Phi) is 9.09. The highest BCUT2D eigenvalue weighted by Gasteiger charge is 2.30. The molecule has 0 heterocycles. The van der Waals surface area contributed by atoms with E-state index in [9.17, 15) is 12.8 Å². The lowest BCUT2D eigenvalue weighted by Gasteiger charge is -2.23. The van der Waals surface area contributed by atoms with Gasteiger partial charge in [0.1, 0.15) is 23.1 Å². The quantitative estimate of drug-likeness (QED) is 0.623. The molecule has 9 heteroatoms. The van der Waals surface area contributed by atoms with Gasteiger partial charge in [0.25, 0.3) is 0 Å². The zero-order valence-electron chi connectivity index (χ0n) is 14.2. The average molecular weight is 397 g/mol. The first kappa shape index (κ1) is 22.1. The number of halogens is 2. The lowest BCUT2D eigenvalue weighted by molar-refractivity contribution is 0.144. The number of rotatable bonds is 9. The van der Waals surface area contributed by atoms with Crippen LogP contribution >= 0.6 is 12.4 Å². The molecule has 1 atom stereocenters. The van der Waals surface area contributed by atoms with Gasteiger partial charge >= 0.3 is 0 Å². The van der Waals surface area contributed by atoms with Gasteiger partial charge in [-0.3, -0.25) is 0 Å². The van der Waals surface area contributed by atoms with Crippen molar-refractivity contribution in [3.05, 3.63) is 24.0 Å². The van der Waals surface area contributed by atoms with Crippen molar-refractivity contribution in [2.24, 2.45) is 11.7 Å². The SMILES string of the molecule is COCCOc1ccc(F)cc1S(=O)(=O)NC(CN)C1CCCC1.Cl. The Morgan fingerprint density at radius 3 is 2.60 bits per heavy atom. The van der Waals surface area contributed by atoms with Crippen LogP contribution in [0.2, 0.25) is 0 Å². The van der Waals surface area contributed by atoms with Crippen molar-refractivity contribution in [3.8, 4) is 5.75 Å². The van der Waals surface area contributed by atoms with Crippen molar-refractivity contribution < 1.29 is 22.3 Å². The van der Waals surface area contributed by atoms with E-state index < -0.39 is 15.8 Å². The van der Waals surface area contributed by atoms with Crippen molar-refractivity contribution in [1.82, 2.24) is 4.72 Å². The number of nitrogens with one attached hydrogen (secondary N) is 1. The molecule has 1 fully saturated rings. The highest BCUT2D eigenvalue weighted by Crippen LogP contribution is 2.30. The number of ether oxygens (including phenoxy) is 2. The number of hydrogen-bond donors (Lipinski definition) is 2. The third-order valence-corrected chi connectivity index (χ3v) is 5.78. The Morgan fingerprint density at radius 2 is 2.00 bits per heavy atom. The van der Waals surface area contributed by atoms with Crippen LogP contribution in [0.15, 0.2) is 23.1 Å². The van der Waals surface area contributed by atoms with Crippen LogP contribution in [0.4, 0.5) is 4.39 Å². The molecule has 2 rings (SSSR count). The van der Waals surface area contributed by atoms with E-state index in [2.05, 4.69) is 4.72 Å². The molecule has 1 aliphatic rings. The summed E-state index contributed by atoms with van der Waals surface area (Å²) in [5.41, 5.74) is 5.76. The molecule has 1 unspecified atom stereocenters. The molecule has 0 saturated heterocycles. The molecule has 1 saturated carbocycles. The smallest absolute Gasteiger partial charge is 0.244 e. The molecule has 0 bridgehead atoms. The predicted octanol–water partition coefficient (Wildman–Crippen LogP) is 2.07. The lowest BCUT2D eigenvalue weighted by Crippen LogP contribution is -2.44. The second-order valence-electron chi connectivity index (χ2n) is 5.94. The molecule has 25 heavy (non-hydrogen) atoms. The van der Waals surface area contributed by atoms with Gasteiger partial charge in [-0.1, -0.05) is 12.8 Å². The summed E-state index contributed by atoms with van der Waals surface area (Å²) in [5.74, 6) is -0.320. The summed E-state index contributed by atoms with van der Waals surface area (Å²) in [7, 11) is -2.42. The first-order valence-corrected chi connectivity index (χ1v) is 9.60. The average Bonchev–Trinajstić information content (AvgIpc) is 3.08. The fraction of sp³-hybridized carbons (Fsp3) is 0.625. The normalized spacial score (nSPS) is 16.4. The monoisotopic (exact) mass is 396 g/mol. The van der Waals surface area contributed by atoms with Gasteiger partial charge in [0.15, 0.2) is 0 Å². The molecular weight excluding hydrogens is 371 g/mol. The number of hydrogen-bond acceptors (Lipinski definition) is 5. The molecule has 6 nitrogen and oxygen atoms in total. The fourth-order valence-electron chi connectivity index (χ4n) is 3.01. The van der Waals surface area contributed by atoms with Crippen LogP contribution in [0, 0.1) is 11.7 Å². The van der Waals surface area contributed by atoms with Gasteiger partial charge in [0.2, 0.25) is 10.0 Å². The van der Waals surface area contributed by atoms with E-state index >= 15 is 0 Å². The van der Waals surface area contributed by atoms with Gasteiger partial charge in [-0.2, -0.15) is 0 Å². The summed E-state index contributed by atoms with van der Waals surface area (Å²) in [6.45, 7) is 0.685. The minimum atomic E-state index is -3.94. The van der Waals surface area contributed by atoms with Crippen LogP contribution in [0.3, 0.4) is 0 Å². The topological polar surface area (TPSA) is 90.6 Å². The number of benzene rings is 1. The van der Waals surface area contributed by atoms with Gasteiger partial charge in [0, 0.05) is 19.7 Å². The van der Waals surface area contributed by atoms with E-state index in [1.165, 1.54) is 19.2 Å². The Labute approximate surface area is 154 Å². The maximum atomic E-state index is 13.6. The zero-order valence-corrected chi connectivity index (χ0v) is 15.9.